The lowest BCUT2D eigenvalue weighted by Crippen LogP contribution is -2.46. The SMILES string of the molecule is CN1OC2(CC(C3CCOC(C)(C)C3)Oc3ccc(-c4cnc(-n5ccnc5)s4)cc32)N=C1N. The number of guanidine groups is 1. The summed E-state index contributed by atoms with van der Waals surface area (Å²) >= 11 is 1.59. The summed E-state index contributed by atoms with van der Waals surface area (Å²) < 4.78 is 14.4. The van der Waals surface area contributed by atoms with Crippen molar-refractivity contribution in [2.45, 2.75) is 50.5 Å². The van der Waals surface area contributed by atoms with Crippen LogP contribution in [0.3, 0.4) is 0 Å². The summed E-state index contributed by atoms with van der Waals surface area (Å²) in [5.74, 6) is 1.50. The first-order valence-corrected chi connectivity index (χ1v) is 12.3. The zero-order chi connectivity index (χ0) is 23.5. The van der Waals surface area contributed by atoms with Crippen molar-refractivity contribution in [3.8, 4) is 21.3 Å². The smallest absolute Gasteiger partial charge is 0.221 e. The number of ether oxygens (including phenoxy) is 2. The van der Waals surface area contributed by atoms with E-state index in [1.165, 1.54) is 0 Å². The highest BCUT2D eigenvalue weighted by Gasteiger charge is 2.51. The third kappa shape index (κ3) is 3.66. The number of benzene rings is 1. The second-order valence-electron chi connectivity index (χ2n) is 9.75. The number of aliphatic imine (C=N–C) groups is 1. The number of thiazole rings is 1. The van der Waals surface area contributed by atoms with Crippen molar-refractivity contribution in [1.29, 1.82) is 0 Å². The largest absolute Gasteiger partial charge is 0.489 e. The molecule has 3 aliphatic heterocycles. The Bertz CT molecular complexity index is 1240. The topological polar surface area (TPSA) is 100 Å². The number of nitrogens with zero attached hydrogens (tertiary/aromatic N) is 5. The number of nitrogens with two attached hydrogens (primary N) is 1. The number of rotatable bonds is 3. The summed E-state index contributed by atoms with van der Waals surface area (Å²) in [6.07, 6.45) is 9.68. The van der Waals surface area contributed by atoms with Gasteiger partial charge < -0.3 is 15.2 Å². The minimum absolute atomic E-state index is 0.0409. The molecule has 34 heavy (non-hydrogen) atoms. The van der Waals surface area contributed by atoms with Crippen LogP contribution in [0, 0.1) is 5.92 Å². The molecule has 0 radical (unpaired) electrons. The van der Waals surface area contributed by atoms with E-state index in [4.69, 9.17) is 25.0 Å². The summed E-state index contributed by atoms with van der Waals surface area (Å²) in [6, 6.07) is 6.19. The van der Waals surface area contributed by atoms with Crippen LogP contribution in [0.5, 0.6) is 5.75 Å². The van der Waals surface area contributed by atoms with E-state index < -0.39 is 5.72 Å². The highest BCUT2D eigenvalue weighted by atomic mass is 32.1. The minimum atomic E-state index is -0.909. The highest BCUT2D eigenvalue weighted by molar-refractivity contribution is 7.17. The van der Waals surface area contributed by atoms with Crippen molar-refractivity contribution in [1.82, 2.24) is 19.6 Å². The van der Waals surface area contributed by atoms with Gasteiger partial charge in [-0.25, -0.2) is 24.9 Å². The second-order valence-corrected chi connectivity index (χ2v) is 10.8. The van der Waals surface area contributed by atoms with Gasteiger partial charge in [0.25, 0.3) is 0 Å². The predicted molar refractivity (Wildman–Crippen MR) is 129 cm³/mol. The Morgan fingerprint density at radius 3 is 2.85 bits per heavy atom. The first kappa shape index (κ1) is 21.6. The number of aromatic nitrogens is 3. The molecule has 2 N–H and O–H groups in total. The molecule has 0 amide bonds. The fourth-order valence-electron chi connectivity index (χ4n) is 5.17. The molecule has 1 fully saturated rings. The van der Waals surface area contributed by atoms with Crippen LogP contribution in [-0.4, -0.2) is 50.9 Å². The van der Waals surface area contributed by atoms with E-state index in [-0.39, 0.29) is 11.7 Å². The summed E-state index contributed by atoms with van der Waals surface area (Å²) in [7, 11) is 1.79. The van der Waals surface area contributed by atoms with Gasteiger partial charge in [0.15, 0.2) is 5.13 Å². The summed E-state index contributed by atoms with van der Waals surface area (Å²) in [6.45, 7) is 5.01. The highest BCUT2D eigenvalue weighted by Crippen LogP contribution is 2.50. The van der Waals surface area contributed by atoms with Gasteiger partial charge in [-0.15, -0.1) is 0 Å². The van der Waals surface area contributed by atoms with Gasteiger partial charge in [-0.2, -0.15) is 0 Å². The quantitative estimate of drug-likeness (QED) is 0.610. The lowest BCUT2D eigenvalue weighted by molar-refractivity contribution is -0.198. The lowest BCUT2D eigenvalue weighted by atomic mass is 9.79. The van der Waals surface area contributed by atoms with Gasteiger partial charge in [0.05, 0.1) is 16.0 Å². The Kier molecular flexibility index (Phi) is 4.94. The van der Waals surface area contributed by atoms with E-state index in [1.807, 2.05) is 23.0 Å². The van der Waals surface area contributed by atoms with Crippen molar-refractivity contribution in [2.24, 2.45) is 16.6 Å². The van der Waals surface area contributed by atoms with Crippen LogP contribution in [0.2, 0.25) is 0 Å². The van der Waals surface area contributed by atoms with Crippen LogP contribution < -0.4 is 10.5 Å². The fraction of sp³-hybridized carbons (Fsp3) is 0.458. The maximum absolute atomic E-state index is 6.59. The molecule has 3 aromatic rings. The van der Waals surface area contributed by atoms with Gasteiger partial charge >= 0.3 is 0 Å². The molecule has 0 bridgehead atoms. The monoisotopic (exact) mass is 480 g/mol. The van der Waals surface area contributed by atoms with Gasteiger partial charge in [0.1, 0.15) is 18.2 Å². The number of fused-ring (bicyclic) bond motifs is 2. The van der Waals surface area contributed by atoms with Crippen LogP contribution in [-0.2, 0) is 15.3 Å². The maximum Gasteiger partial charge on any atom is 0.221 e. The third-order valence-corrected chi connectivity index (χ3v) is 7.89. The van der Waals surface area contributed by atoms with Gasteiger partial charge in [-0.05, 0) is 50.5 Å². The van der Waals surface area contributed by atoms with Crippen molar-refractivity contribution in [3.63, 3.8) is 0 Å². The molecule has 2 aromatic heterocycles. The lowest BCUT2D eigenvalue weighted by Gasteiger charge is -2.44. The van der Waals surface area contributed by atoms with E-state index in [0.29, 0.717) is 18.3 Å². The van der Waals surface area contributed by atoms with E-state index >= 15 is 0 Å². The number of hydrogen-bond donors (Lipinski definition) is 1. The Labute approximate surface area is 202 Å². The molecule has 1 aromatic carbocycles. The summed E-state index contributed by atoms with van der Waals surface area (Å²) in [4.78, 5) is 20.9. The van der Waals surface area contributed by atoms with Crippen LogP contribution in [0.4, 0.5) is 0 Å². The fourth-order valence-corrected chi connectivity index (χ4v) is 6.04. The van der Waals surface area contributed by atoms with Gasteiger partial charge in [0.2, 0.25) is 11.7 Å². The Balaban J connectivity index is 1.38. The normalized spacial score (nSPS) is 28.0. The Morgan fingerprint density at radius 1 is 1.24 bits per heavy atom. The van der Waals surface area contributed by atoms with Crippen molar-refractivity contribution < 1.29 is 14.3 Å². The van der Waals surface area contributed by atoms with Gasteiger partial charge in [-0.1, -0.05) is 11.3 Å². The molecular weight excluding hydrogens is 452 g/mol. The van der Waals surface area contributed by atoms with E-state index in [0.717, 1.165) is 46.3 Å². The molecule has 0 saturated carbocycles. The Morgan fingerprint density at radius 2 is 2.12 bits per heavy atom. The van der Waals surface area contributed by atoms with Gasteiger partial charge in [0, 0.05) is 44.6 Å². The molecule has 3 aliphatic rings. The van der Waals surface area contributed by atoms with Crippen molar-refractivity contribution in [3.05, 3.63) is 48.7 Å². The zero-order valence-corrected chi connectivity index (χ0v) is 20.3. The van der Waals surface area contributed by atoms with E-state index in [9.17, 15) is 0 Å². The molecular formula is C24H28N6O3S. The van der Waals surface area contributed by atoms with Gasteiger partial charge in [-0.3, -0.25) is 4.57 Å². The standard InChI is InChI=1S/C24H28N6O3S/c1-23(2)11-16(6-9-31-23)19-12-24(28-21(25)29(3)33-24)17-10-15(4-5-18(17)32-19)20-13-27-22(34-20)30-8-7-26-14-30/h4-5,7-8,10,13-14,16,19H,6,9,11-12H2,1-3H3,(H2,25,28). The second kappa shape index (κ2) is 7.79. The molecule has 1 spiro atoms. The Hall–Kier alpha value is -2.95. The molecule has 1 saturated heterocycles. The molecule has 9 nitrogen and oxygen atoms in total. The zero-order valence-electron chi connectivity index (χ0n) is 19.5. The molecule has 6 rings (SSSR count). The maximum atomic E-state index is 6.59. The van der Waals surface area contributed by atoms with Crippen LogP contribution >= 0.6 is 11.3 Å². The molecule has 0 aliphatic carbocycles. The molecule has 5 heterocycles. The molecule has 3 atom stereocenters. The first-order valence-electron chi connectivity index (χ1n) is 11.5. The molecule has 3 unspecified atom stereocenters. The number of hydrogen-bond acceptors (Lipinski definition) is 9. The summed E-state index contributed by atoms with van der Waals surface area (Å²) in [5.41, 5.74) is 7.03. The van der Waals surface area contributed by atoms with Crippen LogP contribution in [0.25, 0.3) is 15.6 Å². The number of imidazole rings is 1. The third-order valence-electron chi connectivity index (χ3n) is 6.83. The van der Waals surface area contributed by atoms with Crippen molar-refractivity contribution >= 4 is 17.3 Å². The predicted octanol–water partition coefficient (Wildman–Crippen LogP) is 3.70. The van der Waals surface area contributed by atoms with E-state index in [2.05, 4.69) is 35.9 Å². The number of hydroxylamine groups is 2. The first-order chi connectivity index (χ1) is 16.3. The summed E-state index contributed by atoms with van der Waals surface area (Å²) in [5, 5.41) is 2.41. The minimum Gasteiger partial charge on any atom is -0.489 e. The van der Waals surface area contributed by atoms with Crippen LogP contribution in [0.15, 0.2) is 48.1 Å². The molecule has 178 valence electrons. The average Bonchev–Trinajstić information content (AvgIpc) is 3.54. The van der Waals surface area contributed by atoms with E-state index in [1.54, 1.807) is 36.0 Å². The molecule has 10 heteroatoms. The van der Waals surface area contributed by atoms with Crippen LogP contribution in [0.1, 0.15) is 38.7 Å². The average molecular weight is 481 g/mol. The van der Waals surface area contributed by atoms with Crippen molar-refractivity contribution in [2.75, 3.05) is 13.7 Å².